The van der Waals surface area contributed by atoms with E-state index in [0.717, 1.165) is 12.8 Å². The standard InChI is InChI=1S/C10H20BNO3.2ClH/c1-3-4-5-10(11,9(14)15)7-12-6-8(2)13;;/h8,12-13H,3-7H2,1-2H3,(H,14,15);2*1H. The molecule has 0 aliphatic rings. The molecular formula is C10H22BCl2NO3. The van der Waals surface area contributed by atoms with E-state index in [1.165, 1.54) is 0 Å². The molecule has 0 saturated heterocycles. The number of hydrogen-bond donors (Lipinski definition) is 3. The lowest BCUT2D eigenvalue weighted by Crippen LogP contribution is -2.38. The zero-order valence-corrected chi connectivity index (χ0v) is 11.9. The Hall–Kier alpha value is 0.0349. The van der Waals surface area contributed by atoms with Crippen LogP contribution in [0.15, 0.2) is 0 Å². The van der Waals surface area contributed by atoms with Gasteiger partial charge < -0.3 is 15.5 Å². The molecule has 0 aromatic heterocycles. The van der Waals surface area contributed by atoms with E-state index < -0.39 is 17.4 Å². The Kier molecular flexibility index (Phi) is 14.6. The first-order valence-corrected chi connectivity index (χ1v) is 5.33. The molecule has 0 aliphatic heterocycles. The van der Waals surface area contributed by atoms with Gasteiger partial charge >= 0.3 is 5.97 Å². The van der Waals surface area contributed by atoms with Crippen LogP contribution in [0.1, 0.15) is 33.1 Å². The van der Waals surface area contributed by atoms with Crippen LogP contribution in [0.2, 0.25) is 5.31 Å². The van der Waals surface area contributed by atoms with Gasteiger partial charge in [0, 0.05) is 18.4 Å². The molecule has 4 nitrogen and oxygen atoms in total. The van der Waals surface area contributed by atoms with Crippen molar-refractivity contribution in [1.29, 1.82) is 0 Å². The Bertz CT molecular complexity index is 208. The molecule has 0 rings (SSSR count). The van der Waals surface area contributed by atoms with E-state index in [4.69, 9.17) is 18.1 Å². The molecule has 0 spiro atoms. The van der Waals surface area contributed by atoms with Crippen LogP contribution in [-0.4, -0.2) is 43.2 Å². The second kappa shape index (κ2) is 11.1. The summed E-state index contributed by atoms with van der Waals surface area (Å²) >= 11 is 0. The highest BCUT2D eigenvalue weighted by molar-refractivity contribution is 6.26. The number of aliphatic carboxylic acids is 1. The molecule has 0 heterocycles. The second-order valence-electron chi connectivity index (χ2n) is 4.04. The Morgan fingerprint density at radius 1 is 1.47 bits per heavy atom. The first-order chi connectivity index (χ1) is 6.92. The number of aliphatic hydroxyl groups excluding tert-OH is 1. The molecule has 3 N–H and O–H groups in total. The molecule has 17 heavy (non-hydrogen) atoms. The van der Waals surface area contributed by atoms with Crippen molar-refractivity contribution in [3.05, 3.63) is 0 Å². The summed E-state index contributed by atoms with van der Waals surface area (Å²) in [4.78, 5) is 11.0. The summed E-state index contributed by atoms with van der Waals surface area (Å²) in [5.41, 5.74) is 0. The maximum Gasteiger partial charge on any atom is 0.301 e. The minimum atomic E-state index is -1.22. The van der Waals surface area contributed by atoms with Gasteiger partial charge in [-0.3, -0.25) is 4.79 Å². The average molecular weight is 286 g/mol. The summed E-state index contributed by atoms with van der Waals surface area (Å²) in [5, 5.41) is 19.7. The number of carboxylic acid groups (broad SMARTS) is 1. The summed E-state index contributed by atoms with van der Waals surface area (Å²) in [6.45, 7) is 4.18. The Labute approximate surface area is 117 Å². The number of halogens is 2. The Morgan fingerprint density at radius 2 is 2.00 bits per heavy atom. The average Bonchev–Trinajstić information content (AvgIpc) is 2.14. The molecule has 0 bridgehead atoms. The second-order valence-corrected chi connectivity index (χ2v) is 4.04. The van der Waals surface area contributed by atoms with E-state index in [1.807, 2.05) is 6.92 Å². The van der Waals surface area contributed by atoms with Gasteiger partial charge in [-0.1, -0.05) is 19.8 Å². The van der Waals surface area contributed by atoms with Crippen LogP contribution >= 0.6 is 24.8 Å². The first-order valence-electron chi connectivity index (χ1n) is 5.33. The van der Waals surface area contributed by atoms with Gasteiger partial charge in [0.05, 0.1) is 14.0 Å². The fourth-order valence-corrected chi connectivity index (χ4v) is 1.27. The zero-order valence-electron chi connectivity index (χ0n) is 10.3. The largest absolute Gasteiger partial charge is 0.481 e. The van der Waals surface area contributed by atoms with Gasteiger partial charge in [0.1, 0.15) is 0 Å². The zero-order chi connectivity index (χ0) is 11.9. The lowest BCUT2D eigenvalue weighted by Gasteiger charge is -2.26. The van der Waals surface area contributed by atoms with Crippen molar-refractivity contribution in [1.82, 2.24) is 5.32 Å². The molecule has 7 heteroatoms. The van der Waals surface area contributed by atoms with Crippen molar-refractivity contribution in [3.8, 4) is 0 Å². The number of unbranched alkanes of at least 4 members (excludes halogenated alkanes) is 1. The molecule has 102 valence electrons. The van der Waals surface area contributed by atoms with Crippen LogP contribution in [0.4, 0.5) is 0 Å². The van der Waals surface area contributed by atoms with Gasteiger partial charge in [-0.05, 0) is 13.3 Å². The van der Waals surface area contributed by atoms with Crippen molar-refractivity contribution < 1.29 is 15.0 Å². The summed E-state index contributed by atoms with van der Waals surface area (Å²) in [7, 11) is 5.77. The SMILES string of the molecule is Cl.Cl.[B]C(CCCC)(CNCC(C)O)C(=O)O. The van der Waals surface area contributed by atoms with Crippen LogP contribution in [-0.2, 0) is 4.79 Å². The third-order valence-corrected chi connectivity index (χ3v) is 2.28. The quantitative estimate of drug-likeness (QED) is 0.590. The van der Waals surface area contributed by atoms with Crippen LogP contribution < -0.4 is 5.32 Å². The normalized spacial score (nSPS) is 15.0. The molecule has 2 atom stereocenters. The summed E-state index contributed by atoms with van der Waals surface area (Å²) in [5.74, 6) is -0.992. The van der Waals surface area contributed by atoms with Crippen molar-refractivity contribution in [2.24, 2.45) is 0 Å². The predicted octanol–water partition coefficient (Wildman–Crippen LogP) is 1.40. The van der Waals surface area contributed by atoms with Gasteiger partial charge in [0.15, 0.2) is 0 Å². The van der Waals surface area contributed by atoms with E-state index in [9.17, 15) is 4.79 Å². The highest BCUT2D eigenvalue weighted by atomic mass is 35.5. The van der Waals surface area contributed by atoms with Crippen molar-refractivity contribution in [2.75, 3.05) is 13.1 Å². The summed E-state index contributed by atoms with van der Waals surface area (Å²) < 4.78 is 0. The van der Waals surface area contributed by atoms with Crippen LogP contribution in [0, 0.1) is 0 Å². The molecule has 2 radical (unpaired) electrons. The monoisotopic (exact) mass is 285 g/mol. The van der Waals surface area contributed by atoms with E-state index >= 15 is 0 Å². The summed E-state index contributed by atoms with van der Waals surface area (Å²) in [6.07, 6.45) is 1.67. The molecule has 0 amide bonds. The molecule has 0 fully saturated rings. The molecule has 2 unspecified atom stereocenters. The first kappa shape index (κ1) is 22.2. The molecule has 0 aromatic rings. The van der Waals surface area contributed by atoms with Crippen molar-refractivity contribution in [2.45, 2.75) is 44.5 Å². The number of hydrogen-bond acceptors (Lipinski definition) is 3. The van der Waals surface area contributed by atoms with Crippen molar-refractivity contribution in [3.63, 3.8) is 0 Å². The third kappa shape index (κ3) is 9.71. The van der Waals surface area contributed by atoms with E-state index in [-0.39, 0.29) is 31.4 Å². The fourth-order valence-electron chi connectivity index (χ4n) is 1.27. The van der Waals surface area contributed by atoms with Gasteiger partial charge in [-0.2, -0.15) is 0 Å². The topological polar surface area (TPSA) is 69.6 Å². The minimum Gasteiger partial charge on any atom is -0.481 e. The fraction of sp³-hybridized carbons (Fsp3) is 0.900. The van der Waals surface area contributed by atoms with E-state index in [0.29, 0.717) is 13.0 Å². The molecule has 0 aromatic carbocycles. The Morgan fingerprint density at radius 3 is 2.35 bits per heavy atom. The Balaban J connectivity index is -0.000000980. The van der Waals surface area contributed by atoms with Gasteiger partial charge in [-0.25, -0.2) is 0 Å². The van der Waals surface area contributed by atoms with Crippen LogP contribution in [0.25, 0.3) is 0 Å². The van der Waals surface area contributed by atoms with Crippen LogP contribution in [0.3, 0.4) is 0 Å². The third-order valence-electron chi connectivity index (χ3n) is 2.28. The van der Waals surface area contributed by atoms with E-state index in [2.05, 4.69) is 5.32 Å². The lowest BCUT2D eigenvalue weighted by molar-refractivity contribution is -0.140. The molecular weight excluding hydrogens is 264 g/mol. The number of aliphatic hydroxyl groups is 1. The lowest BCUT2D eigenvalue weighted by atomic mass is 9.65. The van der Waals surface area contributed by atoms with Gasteiger partial charge in [0.2, 0.25) is 0 Å². The maximum absolute atomic E-state index is 11.0. The smallest absolute Gasteiger partial charge is 0.301 e. The maximum atomic E-state index is 11.0. The highest BCUT2D eigenvalue weighted by Crippen LogP contribution is 2.28. The van der Waals surface area contributed by atoms with Crippen molar-refractivity contribution >= 4 is 38.6 Å². The minimum absolute atomic E-state index is 0. The van der Waals surface area contributed by atoms with Crippen LogP contribution in [0.5, 0.6) is 0 Å². The number of rotatable bonds is 8. The highest BCUT2D eigenvalue weighted by Gasteiger charge is 2.31. The van der Waals surface area contributed by atoms with Gasteiger partial charge in [-0.15, -0.1) is 24.8 Å². The number of nitrogens with one attached hydrogen (secondary N) is 1. The number of carboxylic acids is 1. The number of carbonyl (C=O) groups is 1. The molecule has 0 saturated carbocycles. The molecule has 0 aliphatic carbocycles. The summed E-state index contributed by atoms with van der Waals surface area (Å²) in [6, 6.07) is 0. The predicted molar refractivity (Wildman–Crippen MR) is 74.7 cm³/mol. The van der Waals surface area contributed by atoms with Gasteiger partial charge in [0.25, 0.3) is 0 Å². The van der Waals surface area contributed by atoms with E-state index in [1.54, 1.807) is 6.92 Å².